The van der Waals surface area contributed by atoms with Crippen molar-refractivity contribution in [2.45, 2.75) is 93.1 Å². The van der Waals surface area contributed by atoms with Crippen molar-refractivity contribution in [2.24, 2.45) is 17.3 Å². The van der Waals surface area contributed by atoms with Gasteiger partial charge < -0.3 is 25.8 Å². The molecule has 0 saturated heterocycles. The largest absolute Gasteiger partial charge is 0.504 e. The number of rotatable bonds is 3. The number of ether oxygens (including phenoxy) is 1. The van der Waals surface area contributed by atoms with Crippen LogP contribution in [-0.4, -0.2) is 51.1 Å². The number of methoxy groups -OCH3 is 1. The van der Waals surface area contributed by atoms with E-state index in [-0.39, 0.29) is 51.6 Å². The fraction of sp³-hybridized carbons (Fsp3) is 0.488. The van der Waals surface area contributed by atoms with Gasteiger partial charge in [0.25, 0.3) is 0 Å². The summed E-state index contributed by atoms with van der Waals surface area (Å²) >= 11 is 0. The molecule has 0 radical (unpaired) electrons. The maximum Gasteiger partial charge on any atom is 0.163 e. The normalized spacial score (nSPS) is 31.1. The number of phenolic OH excluding ortho intramolecular Hbond substituents is 1. The second-order valence-corrected chi connectivity index (χ2v) is 18.0. The van der Waals surface area contributed by atoms with Crippen LogP contribution in [0.5, 0.6) is 11.5 Å². The molecule has 2 saturated carbocycles. The van der Waals surface area contributed by atoms with Crippen LogP contribution < -0.4 is 15.8 Å². The van der Waals surface area contributed by atoms with E-state index in [1.807, 2.05) is 27.8 Å². The molecule has 6 atom stereocenters. The number of nitrogens with zero attached hydrogens (tertiary/aromatic N) is 2. The Morgan fingerprint density at radius 2 is 1.92 bits per heavy atom. The molecule has 2 fully saturated rings. The third-order valence-corrected chi connectivity index (χ3v) is 15.9. The summed E-state index contributed by atoms with van der Waals surface area (Å²) in [6.07, 6.45) is 26.0. The molecule has 6 aliphatic rings. The Labute approximate surface area is 308 Å². The number of allylic oxidation sites excluding steroid dienone is 3. The molecule has 51 heavy (non-hydrogen) atoms. The van der Waals surface area contributed by atoms with E-state index in [9.17, 15) is 14.7 Å². The number of anilines is 1. The number of hydrogen-bond donors (Lipinski definition) is 3. The number of nitrogen functional groups attached to an aromatic ring is 1. The van der Waals surface area contributed by atoms with Gasteiger partial charge in [0.1, 0.15) is 11.6 Å². The van der Waals surface area contributed by atoms with Crippen molar-refractivity contribution in [3.63, 3.8) is 0 Å². The summed E-state index contributed by atoms with van der Waals surface area (Å²) in [4.78, 5) is 33.7. The van der Waals surface area contributed by atoms with Gasteiger partial charge in [0.2, 0.25) is 0 Å². The van der Waals surface area contributed by atoms with Crippen molar-refractivity contribution in [1.29, 1.82) is 0 Å². The number of carbonyl (C=O) groups excluding carboxylic acids is 2. The quantitative estimate of drug-likeness (QED) is 0.162. The summed E-state index contributed by atoms with van der Waals surface area (Å²) in [6, 6.07) is 5.79. The van der Waals surface area contributed by atoms with Crippen LogP contribution in [0.3, 0.4) is 0 Å². The van der Waals surface area contributed by atoms with Crippen molar-refractivity contribution >= 4 is 45.0 Å². The van der Waals surface area contributed by atoms with Gasteiger partial charge in [-0.3, -0.25) is 9.59 Å². The Morgan fingerprint density at radius 1 is 1.08 bits per heavy atom. The van der Waals surface area contributed by atoms with Gasteiger partial charge in [-0.2, -0.15) is 0 Å². The van der Waals surface area contributed by atoms with Gasteiger partial charge in [-0.15, -0.1) is 0 Å². The predicted octanol–water partition coefficient (Wildman–Crippen LogP) is 8.22. The molecule has 0 amide bonds. The number of phenols is 1. The second-order valence-electron chi connectivity index (χ2n) is 15.4. The molecule has 4 heterocycles. The number of Topliss-reactive ketones (excluding diaryl/α,β-unsaturated/α-hetero) is 1. The number of hydrogen-bond acceptors (Lipinski definition) is 10. The highest BCUT2D eigenvalue weighted by molar-refractivity contribution is 8.77. The highest BCUT2D eigenvalue weighted by Gasteiger charge is 2.63. The summed E-state index contributed by atoms with van der Waals surface area (Å²) in [5.41, 5.74) is 11.9. The van der Waals surface area contributed by atoms with E-state index in [1.165, 1.54) is 51.0 Å². The summed E-state index contributed by atoms with van der Waals surface area (Å²) < 4.78 is 5.51. The molecule has 3 aliphatic heterocycles. The summed E-state index contributed by atoms with van der Waals surface area (Å²) in [7, 11) is 5.37. The number of benzene rings is 1. The Kier molecular flexibility index (Phi) is 9.28. The van der Waals surface area contributed by atoms with Crippen LogP contribution in [0, 0.1) is 17.3 Å². The minimum atomic E-state index is -0.287. The lowest BCUT2D eigenvalue weighted by atomic mass is 9.75. The number of aromatic hydroxyl groups is 1. The number of aromatic nitrogens is 1. The van der Waals surface area contributed by atoms with Gasteiger partial charge in [0.05, 0.1) is 36.7 Å². The van der Waals surface area contributed by atoms with Crippen LogP contribution >= 0.6 is 21.6 Å². The smallest absolute Gasteiger partial charge is 0.163 e. The summed E-state index contributed by atoms with van der Waals surface area (Å²) in [6.45, 7) is 2.98. The number of fused-ring (bicyclic) bond motifs is 10. The van der Waals surface area contributed by atoms with Gasteiger partial charge in [0.15, 0.2) is 17.3 Å². The maximum absolute atomic E-state index is 13.1. The first-order chi connectivity index (χ1) is 24.7. The first-order valence-electron chi connectivity index (χ1n) is 18.5. The molecule has 1 aromatic carbocycles. The Morgan fingerprint density at radius 3 is 2.73 bits per heavy atom. The molecule has 268 valence electrons. The zero-order valence-corrected chi connectivity index (χ0v) is 31.1. The van der Waals surface area contributed by atoms with Crippen molar-refractivity contribution in [2.75, 3.05) is 19.5 Å². The lowest BCUT2D eigenvalue weighted by molar-refractivity contribution is -0.124. The predicted molar refractivity (Wildman–Crippen MR) is 206 cm³/mol. The molecule has 1 spiro atoms. The fourth-order valence-corrected chi connectivity index (χ4v) is 13.9. The average Bonchev–Trinajstić information content (AvgIpc) is 3.87. The van der Waals surface area contributed by atoms with E-state index in [0.29, 0.717) is 29.3 Å². The molecule has 8 nitrogen and oxygen atoms in total. The van der Waals surface area contributed by atoms with Crippen LogP contribution in [0.15, 0.2) is 66.7 Å². The molecule has 3 aliphatic carbocycles. The lowest BCUT2D eigenvalue weighted by Gasteiger charge is -2.52. The SMILES string of the molecule is CCC1CCC(=O)CC(=O)C=Cc2cc(OC)c(O)cc2C2C=CC1SSC(C13CC4(CCCC4)CC1C=CC1=CNCN13)c1cc2cnc1N. The number of nitrogens with two attached hydrogens (primary N) is 1. The highest BCUT2D eigenvalue weighted by Crippen LogP contribution is 2.68. The minimum Gasteiger partial charge on any atom is -0.504 e. The Balaban J connectivity index is 1.34. The van der Waals surface area contributed by atoms with Gasteiger partial charge >= 0.3 is 0 Å². The summed E-state index contributed by atoms with van der Waals surface area (Å²) in [5, 5.41) is 14.8. The van der Waals surface area contributed by atoms with Gasteiger partial charge in [-0.1, -0.05) is 72.1 Å². The monoisotopic (exact) mass is 724 g/mol. The van der Waals surface area contributed by atoms with E-state index < -0.39 is 0 Å². The fourth-order valence-electron chi connectivity index (χ4n) is 10.0. The molecule has 8 rings (SSSR count). The first kappa shape index (κ1) is 34.5. The second kappa shape index (κ2) is 13.7. The van der Waals surface area contributed by atoms with E-state index in [0.717, 1.165) is 48.2 Å². The van der Waals surface area contributed by atoms with Crippen molar-refractivity contribution in [3.05, 3.63) is 88.9 Å². The zero-order valence-electron chi connectivity index (χ0n) is 29.5. The number of nitrogens with one attached hydrogen (secondary N) is 1. The van der Waals surface area contributed by atoms with Crippen LogP contribution in [0.25, 0.3) is 6.08 Å². The van der Waals surface area contributed by atoms with Crippen molar-refractivity contribution < 1.29 is 19.4 Å². The van der Waals surface area contributed by atoms with Crippen molar-refractivity contribution in [1.82, 2.24) is 15.2 Å². The molecule has 2 aromatic rings. The van der Waals surface area contributed by atoms with Gasteiger partial charge in [-0.25, -0.2) is 4.98 Å². The molecule has 1 aromatic heterocycles. The topological polar surface area (TPSA) is 118 Å². The van der Waals surface area contributed by atoms with E-state index in [4.69, 9.17) is 15.5 Å². The van der Waals surface area contributed by atoms with Crippen LogP contribution in [0.2, 0.25) is 0 Å². The van der Waals surface area contributed by atoms with E-state index >= 15 is 0 Å². The standard InChI is InChI=1S/C41H48N4O4S2/c1-3-25-6-10-30(46)18-31(47)11-7-26-17-36(49-2)35(48)19-33(26)32-12-13-37(25)50-51-38(34-16-27(32)21-44-39(34)42)41-23-40(14-4-5-15-40)20-28(41)8-9-29-22-43-24-45(29)41/h7-9,11-13,16-17,19,21-22,25,28,32,37-38,43,48H,3-6,10,14-15,18,20,23-24H2,1-2H3,(H2,42,44). The van der Waals surface area contributed by atoms with Crippen LogP contribution in [0.1, 0.15) is 105 Å². The average molecular weight is 725 g/mol. The van der Waals surface area contributed by atoms with Crippen LogP contribution in [-0.2, 0) is 9.59 Å². The number of pyridine rings is 1. The van der Waals surface area contributed by atoms with E-state index in [1.54, 1.807) is 18.2 Å². The first-order valence-corrected chi connectivity index (χ1v) is 20.8. The third-order valence-electron chi connectivity index (χ3n) is 12.6. The van der Waals surface area contributed by atoms with Crippen LogP contribution in [0.4, 0.5) is 5.82 Å². The minimum absolute atomic E-state index is 0.0158. The van der Waals surface area contributed by atoms with Crippen molar-refractivity contribution in [3.8, 4) is 11.5 Å². The molecular formula is C41H48N4O4S2. The van der Waals surface area contributed by atoms with E-state index in [2.05, 4.69) is 53.7 Å². The Bertz CT molecular complexity index is 1850. The maximum atomic E-state index is 13.1. The summed E-state index contributed by atoms with van der Waals surface area (Å²) in [5.74, 6) is 0.948. The molecule has 10 heteroatoms. The third kappa shape index (κ3) is 6.10. The highest BCUT2D eigenvalue weighted by atomic mass is 33.1. The molecular weight excluding hydrogens is 677 g/mol. The van der Waals surface area contributed by atoms with Gasteiger partial charge in [0, 0.05) is 41.5 Å². The zero-order chi connectivity index (χ0) is 35.3. The lowest BCUT2D eigenvalue weighted by Crippen LogP contribution is -2.55. The Hall–Kier alpha value is -3.63. The number of carbonyl (C=O) groups is 2. The molecule has 6 unspecified atom stereocenters. The van der Waals surface area contributed by atoms with Gasteiger partial charge in [-0.05, 0) is 90.5 Å². The molecule has 4 bridgehead atoms. The molecule has 4 N–H and O–H groups in total. The number of ketones is 2.